The van der Waals surface area contributed by atoms with E-state index < -0.39 is 0 Å². The van der Waals surface area contributed by atoms with Crippen molar-refractivity contribution in [2.24, 2.45) is 0 Å². The zero-order chi connectivity index (χ0) is 16.5. The number of carbonyl (C=O) groups excluding carboxylic acids is 2. The zero-order valence-electron chi connectivity index (χ0n) is 13.7. The van der Waals surface area contributed by atoms with Gasteiger partial charge in [-0.15, -0.1) is 0 Å². The van der Waals surface area contributed by atoms with Gasteiger partial charge in [0.15, 0.2) is 0 Å². The smallest absolute Gasteiger partial charge is 0.315 e. The first-order chi connectivity index (χ1) is 11.1. The van der Waals surface area contributed by atoms with Crippen LogP contribution in [0, 0.1) is 0 Å². The molecule has 6 nitrogen and oxygen atoms in total. The molecule has 126 valence electrons. The number of hydrogen-bond acceptors (Lipinski definition) is 3. The molecule has 3 N–H and O–H groups in total. The maximum atomic E-state index is 11.9. The number of pyridine rings is 1. The Bertz CT molecular complexity index is 501. The maximum absolute atomic E-state index is 11.9. The molecule has 1 heterocycles. The van der Waals surface area contributed by atoms with Crippen molar-refractivity contribution in [3.05, 3.63) is 30.1 Å². The van der Waals surface area contributed by atoms with Crippen molar-refractivity contribution in [1.29, 1.82) is 0 Å². The monoisotopic (exact) mass is 318 g/mol. The summed E-state index contributed by atoms with van der Waals surface area (Å²) in [5.74, 6) is -0.0766. The Kier molecular flexibility index (Phi) is 6.84. The third kappa shape index (κ3) is 6.26. The molecule has 0 aromatic carbocycles. The lowest BCUT2D eigenvalue weighted by atomic mass is 9.96. The lowest BCUT2D eigenvalue weighted by molar-refractivity contribution is -0.121. The summed E-state index contributed by atoms with van der Waals surface area (Å²) in [7, 11) is 0. The van der Waals surface area contributed by atoms with Gasteiger partial charge in [0.05, 0.1) is 6.04 Å². The fourth-order valence-corrected chi connectivity index (χ4v) is 2.82. The van der Waals surface area contributed by atoms with E-state index >= 15 is 0 Å². The molecule has 0 bridgehead atoms. The summed E-state index contributed by atoms with van der Waals surface area (Å²) in [4.78, 5) is 27.6. The Morgan fingerprint density at radius 1 is 1.22 bits per heavy atom. The second-order valence-corrected chi connectivity index (χ2v) is 6.05. The standard InChI is InChI=1S/C17H26N4O2/c1-13(14-7-10-18-11-8-14)20-16(22)9-12-19-17(23)21-15-5-3-2-4-6-15/h7-8,10-11,13,15H,2-6,9,12H2,1H3,(H,20,22)(H2,19,21,23). The van der Waals surface area contributed by atoms with Crippen molar-refractivity contribution in [2.75, 3.05) is 6.54 Å². The van der Waals surface area contributed by atoms with Crippen LogP contribution in [0.5, 0.6) is 0 Å². The zero-order valence-corrected chi connectivity index (χ0v) is 13.7. The average Bonchev–Trinajstić information content (AvgIpc) is 2.56. The van der Waals surface area contributed by atoms with Crippen LogP contribution in [0.1, 0.15) is 57.1 Å². The summed E-state index contributed by atoms with van der Waals surface area (Å²) >= 11 is 0. The van der Waals surface area contributed by atoms with E-state index in [0.717, 1.165) is 18.4 Å². The van der Waals surface area contributed by atoms with Crippen molar-refractivity contribution in [1.82, 2.24) is 20.9 Å². The van der Waals surface area contributed by atoms with Crippen LogP contribution in [0.25, 0.3) is 0 Å². The average molecular weight is 318 g/mol. The first kappa shape index (κ1) is 17.2. The Labute approximate surface area is 137 Å². The lowest BCUT2D eigenvalue weighted by Crippen LogP contribution is -2.43. The molecule has 0 spiro atoms. The Balaban J connectivity index is 1.61. The lowest BCUT2D eigenvalue weighted by Gasteiger charge is -2.22. The summed E-state index contributed by atoms with van der Waals surface area (Å²) in [5.41, 5.74) is 1.01. The number of amides is 3. The highest BCUT2D eigenvalue weighted by molar-refractivity contribution is 5.78. The normalized spacial score (nSPS) is 16.4. The molecular formula is C17H26N4O2. The Morgan fingerprint density at radius 2 is 1.91 bits per heavy atom. The van der Waals surface area contributed by atoms with Gasteiger partial charge in [-0.1, -0.05) is 19.3 Å². The molecule has 6 heteroatoms. The molecule has 3 amide bonds. The van der Waals surface area contributed by atoms with Crippen molar-refractivity contribution < 1.29 is 9.59 Å². The Hall–Kier alpha value is -2.11. The quantitative estimate of drug-likeness (QED) is 0.752. The van der Waals surface area contributed by atoms with Crippen LogP contribution in [-0.4, -0.2) is 29.5 Å². The first-order valence-corrected chi connectivity index (χ1v) is 8.39. The molecule has 2 rings (SSSR count). The van der Waals surface area contributed by atoms with Gasteiger partial charge in [-0.2, -0.15) is 0 Å². The van der Waals surface area contributed by atoms with Gasteiger partial charge in [0.2, 0.25) is 5.91 Å². The van der Waals surface area contributed by atoms with Gasteiger partial charge in [-0.3, -0.25) is 9.78 Å². The van der Waals surface area contributed by atoms with E-state index in [2.05, 4.69) is 20.9 Å². The molecular weight excluding hydrogens is 292 g/mol. The van der Waals surface area contributed by atoms with E-state index in [1.807, 2.05) is 19.1 Å². The highest BCUT2D eigenvalue weighted by Crippen LogP contribution is 2.17. The fraction of sp³-hybridized carbons (Fsp3) is 0.588. The van der Waals surface area contributed by atoms with Gasteiger partial charge in [0.25, 0.3) is 0 Å². The minimum atomic E-state index is -0.174. The van der Waals surface area contributed by atoms with Crippen LogP contribution < -0.4 is 16.0 Å². The third-order valence-corrected chi connectivity index (χ3v) is 4.16. The minimum Gasteiger partial charge on any atom is -0.350 e. The van der Waals surface area contributed by atoms with Crippen LogP contribution >= 0.6 is 0 Å². The van der Waals surface area contributed by atoms with E-state index in [1.54, 1.807) is 12.4 Å². The molecule has 1 fully saturated rings. The van der Waals surface area contributed by atoms with E-state index in [4.69, 9.17) is 0 Å². The van der Waals surface area contributed by atoms with Gasteiger partial charge < -0.3 is 16.0 Å². The highest BCUT2D eigenvalue weighted by atomic mass is 16.2. The molecule has 1 aliphatic carbocycles. The third-order valence-electron chi connectivity index (χ3n) is 4.16. The van der Waals surface area contributed by atoms with Crippen LogP contribution in [0.15, 0.2) is 24.5 Å². The van der Waals surface area contributed by atoms with E-state index in [1.165, 1.54) is 19.3 Å². The summed E-state index contributed by atoms with van der Waals surface area (Å²) in [6.45, 7) is 2.27. The Morgan fingerprint density at radius 3 is 2.61 bits per heavy atom. The topological polar surface area (TPSA) is 83.1 Å². The molecule has 23 heavy (non-hydrogen) atoms. The number of carbonyl (C=O) groups is 2. The number of urea groups is 1. The molecule has 1 aliphatic rings. The molecule has 1 aromatic heterocycles. The number of nitrogens with zero attached hydrogens (tertiary/aromatic N) is 1. The predicted octanol–water partition coefficient (Wildman–Crippen LogP) is 2.28. The van der Waals surface area contributed by atoms with Crippen molar-refractivity contribution >= 4 is 11.9 Å². The number of aromatic nitrogens is 1. The minimum absolute atomic E-state index is 0.0680. The second-order valence-electron chi connectivity index (χ2n) is 6.05. The van der Waals surface area contributed by atoms with Crippen molar-refractivity contribution in [2.45, 2.75) is 57.5 Å². The largest absolute Gasteiger partial charge is 0.350 e. The van der Waals surface area contributed by atoms with E-state index in [9.17, 15) is 9.59 Å². The molecule has 1 atom stereocenters. The molecule has 1 aromatic rings. The van der Waals surface area contributed by atoms with Gasteiger partial charge in [0.1, 0.15) is 0 Å². The second kappa shape index (κ2) is 9.12. The molecule has 1 unspecified atom stereocenters. The van der Waals surface area contributed by atoms with Gasteiger partial charge in [-0.25, -0.2) is 4.79 Å². The van der Waals surface area contributed by atoms with Crippen LogP contribution in [0.4, 0.5) is 4.79 Å². The van der Waals surface area contributed by atoms with Gasteiger partial charge in [0, 0.05) is 31.4 Å². The molecule has 0 radical (unpaired) electrons. The molecule has 0 saturated heterocycles. The summed E-state index contributed by atoms with van der Waals surface area (Å²) in [6, 6.07) is 3.79. The fourth-order valence-electron chi connectivity index (χ4n) is 2.82. The van der Waals surface area contributed by atoms with Crippen LogP contribution in [0.3, 0.4) is 0 Å². The molecule has 1 saturated carbocycles. The summed E-state index contributed by atoms with van der Waals surface area (Å²) < 4.78 is 0. The van der Waals surface area contributed by atoms with Crippen molar-refractivity contribution in [3.63, 3.8) is 0 Å². The van der Waals surface area contributed by atoms with Crippen molar-refractivity contribution in [3.8, 4) is 0 Å². The summed E-state index contributed by atoms with van der Waals surface area (Å²) in [5, 5.41) is 8.64. The number of hydrogen-bond donors (Lipinski definition) is 3. The van der Waals surface area contributed by atoms with Crippen LogP contribution in [0.2, 0.25) is 0 Å². The number of nitrogens with one attached hydrogen (secondary N) is 3. The first-order valence-electron chi connectivity index (χ1n) is 8.39. The van der Waals surface area contributed by atoms with E-state index in [-0.39, 0.29) is 30.4 Å². The number of rotatable bonds is 6. The highest BCUT2D eigenvalue weighted by Gasteiger charge is 2.15. The summed E-state index contributed by atoms with van der Waals surface area (Å²) in [6.07, 6.45) is 9.41. The van der Waals surface area contributed by atoms with Gasteiger partial charge in [-0.05, 0) is 37.5 Å². The van der Waals surface area contributed by atoms with Crippen LogP contribution in [-0.2, 0) is 4.79 Å². The molecule has 0 aliphatic heterocycles. The SMILES string of the molecule is CC(NC(=O)CCNC(=O)NC1CCCCC1)c1ccncc1. The maximum Gasteiger partial charge on any atom is 0.315 e. The van der Waals surface area contributed by atoms with E-state index in [0.29, 0.717) is 6.54 Å². The predicted molar refractivity (Wildman–Crippen MR) is 88.8 cm³/mol. The van der Waals surface area contributed by atoms with Gasteiger partial charge >= 0.3 is 6.03 Å².